The fourth-order valence-electron chi connectivity index (χ4n) is 1.96. The molecular formula is C15H32O2P+. The van der Waals surface area contributed by atoms with E-state index in [1.165, 1.54) is 57.8 Å². The van der Waals surface area contributed by atoms with Crippen LogP contribution in [-0.2, 0) is 9.09 Å². The largest absolute Gasteiger partial charge is 0.508 e. The monoisotopic (exact) mass is 275 g/mol. The SMILES string of the molecule is CCCCCCCCCO[P+](=O)CCCCCC. The summed E-state index contributed by atoms with van der Waals surface area (Å²) in [6.07, 6.45) is 14.5. The van der Waals surface area contributed by atoms with E-state index >= 15 is 0 Å². The van der Waals surface area contributed by atoms with E-state index in [0.717, 1.165) is 19.0 Å². The lowest BCUT2D eigenvalue weighted by atomic mass is 10.1. The van der Waals surface area contributed by atoms with Crippen LogP contribution >= 0.6 is 8.03 Å². The molecule has 0 bridgehead atoms. The van der Waals surface area contributed by atoms with Gasteiger partial charge in [-0.2, -0.15) is 0 Å². The van der Waals surface area contributed by atoms with Crippen molar-refractivity contribution in [1.29, 1.82) is 0 Å². The average Bonchev–Trinajstić information content (AvgIpc) is 2.38. The van der Waals surface area contributed by atoms with Gasteiger partial charge in [0, 0.05) is 0 Å². The van der Waals surface area contributed by atoms with Crippen molar-refractivity contribution < 1.29 is 9.09 Å². The third-order valence-electron chi connectivity index (χ3n) is 3.18. The quantitative estimate of drug-likeness (QED) is 0.284. The molecule has 0 radical (unpaired) electrons. The first-order chi connectivity index (χ1) is 8.81. The number of rotatable bonds is 14. The molecule has 0 aromatic rings. The lowest BCUT2D eigenvalue weighted by Gasteiger charge is -1.98. The summed E-state index contributed by atoms with van der Waals surface area (Å²) in [5.74, 6) is 0. The molecule has 0 aliphatic heterocycles. The molecule has 0 aromatic heterocycles. The molecular weight excluding hydrogens is 243 g/mol. The standard InChI is InChI=1S/C15H32O2P/c1-3-5-7-9-10-11-12-14-17-18(16)15-13-8-6-4-2/h3-15H2,1-2H3/q+1. The smallest absolute Gasteiger partial charge is 0.146 e. The van der Waals surface area contributed by atoms with Gasteiger partial charge >= 0.3 is 8.03 Å². The van der Waals surface area contributed by atoms with Crippen molar-refractivity contribution in [3.63, 3.8) is 0 Å². The minimum atomic E-state index is -1.38. The summed E-state index contributed by atoms with van der Waals surface area (Å²) in [5.41, 5.74) is 0. The predicted octanol–water partition coefficient (Wildman–Crippen LogP) is 6.08. The van der Waals surface area contributed by atoms with Crippen LogP contribution in [0, 0.1) is 0 Å². The van der Waals surface area contributed by atoms with E-state index in [2.05, 4.69) is 13.8 Å². The summed E-state index contributed by atoms with van der Waals surface area (Å²) in [6, 6.07) is 0. The van der Waals surface area contributed by atoms with Gasteiger partial charge in [-0.05, 0) is 23.8 Å². The van der Waals surface area contributed by atoms with Gasteiger partial charge < -0.3 is 0 Å². The fraction of sp³-hybridized carbons (Fsp3) is 1.00. The second-order valence-electron chi connectivity index (χ2n) is 5.07. The zero-order valence-corrected chi connectivity index (χ0v) is 13.4. The van der Waals surface area contributed by atoms with Gasteiger partial charge in [-0.15, -0.1) is 4.52 Å². The van der Waals surface area contributed by atoms with Crippen molar-refractivity contribution in [2.45, 2.75) is 84.5 Å². The molecule has 0 aliphatic carbocycles. The molecule has 0 N–H and O–H groups in total. The van der Waals surface area contributed by atoms with Crippen LogP contribution in [0.1, 0.15) is 84.5 Å². The molecule has 0 saturated carbocycles. The lowest BCUT2D eigenvalue weighted by Crippen LogP contribution is -1.90. The molecule has 3 heteroatoms. The Morgan fingerprint density at radius 1 is 0.722 bits per heavy atom. The van der Waals surface area contributed by atoms with Gasteiger partial charge in [-0.1, -0.05) is 65.2 Å². The number of unbranched alkanes of at least 4 members (excludes halogenated alkanes) is 9. The van der Waals surface area contributed by atoms with Crippen LogP contribution in [0.2, 0.25) is 0 Å². The van der Waals surface area contributed by atoms with Crippen molar-refractivity contribution in [3.05, 3.63) is 0 Å². The second-order valence-corrected chi connectivity index (χ2v) is 6.44. The maximum absolute atomic E-state index is 11.5. The predicted molar refractivity (Wildman–Crippen MR) is 80.6 cm³/mol. The highest BCUT2D eigenvalue weighted by molar-refractivity contribution is 7.39. The van der Waals surface area contributed by atoms with Gasteiger partial charge in [0.2, 0.25) is 0 Å². The topological polar surface area (TPSA) is 26.3 Å². The Morgan fingerprint density at radius 2 is 1.22 bits per heavy atom. The summed E-state index contributed by atoms with van der Waals surface area (Å²) >= 11 is 0. The minimum Gasteiger partial charge on any atom is -0.146 e. The highest BCUT2D eigenvalue weighted by Gasteiger charge is 2.15. The Kier molecular flexibility index (Phi) is 15.2. The number of hydrogen-bond acceptors (Lipinski definition) is 2. The van der Waals surface area contributed by atoms with E-state index in [9.17, 15) is 4.57 Å². The summed E-state index contributed by atoms with van der Waals surface area (Å²) in [4.78, 5) is 0. The third kappa shape index (κ3) is 14.1. The molecule has 0 rings (SSSR count). The summed E-state index contributed by atoms with van der Waals surface area (Å²) in [7, 11) is -1.38. The Balaban J connectivity index is 3.10. The average molecular weight is 275 g/mol. The number of hydrogen-bond donors (Lipinski definition) is 0. The van der Waals surface area contributed by atoms with Gasteiger partial charge in [0.1, 0.15) is 6.61 Å². The molecule has 108 valence electrons. The molecule has 2 nitrogen and oxygen atoms in total. The Morgan fingerprint density at radius 3 is 1.83 bits per heavy atom. The highest BCUT2D eigenvalue weighted by atomic mass is 31.1. The van der Waals surface area contributed by atoms with Crippen LogP contribution in [0.25, 0.3) is 0 Å². The van der Waals surface area contributed by atoms with E-state index in [1.807, 2.05) is 0 Å². The van der Waals surface area contributed by atoms with Crippen LogP contribution in [0.15, 0.2) is 0 Å². The van der Waals surface area contributed by atoms with Crippen molar-refractivity contribution in [3.8, 4) is 0 Å². The summed E-state index contributed by atoms with van der Waals surface area (Å²) in [6.45, 7) is 5.12. The third-order valence-corrected chi connectivity index (χ3v) is 4.33. The Hall–Kier alpha value is 0.0600. The Labute approximate surface area is 115 Å². The summed E-state index contributed by atoms with van der Waals surface area (Å²) < 4.78 is 16.9. The zero-order valence-electron chi connectivity index (χ0n) is 12.5. The normalized spacial score (nSPS) is 11.8. The van der Waals surface area contributed by atoms with Crippen LogP contribution in [0.5, 0.6) is 0 Å². The van der Waals surface area contributed by atoms with Crippen molar-refractivity contribution in [1.82, 2.24) is 0 Å². The van der Waals surface area contributed by atoms with E-state index in [1.54, 1.807) is 0 Å². The molecule has 1 atom stereocenters. The van der Waals surface area contributed by atoms with Crippen LogP contribution in [-0.4, -0.2) is 12.8 Å². The second kappa shape index (κ2) is 15.1. The molecule has 0 fully saturated rings. The maximum Gasteiger partial charge on any atom is 0.508 e. The fourth-order valence-corrected chi connectivity index (χ4v) is 2.90. The van der Waals surface area contributed by atoms with Crippen molar-refractivity contribution in [2.75, 3.05) is 12.8 Å². The molecule has 0 amide bonds. The van der Waals surface area contributed by atoms with Crippen molar-refractivity contribution in [2.24, 2.45) is 0 Å². The molecule has 18 heavy (non-hydrogen) atoms. The van der Waals surface area contributed by atoms with E-state index < -0.39 is 8.03 Å². The maximum atomic E-state index is 11.5. The van der Waals surface area contributed by atoms with Crippen LogP contribution in [0.4, 0.5) is 0 Å². The molecule has 0 saturated heterocycles. The first kappa shape index (κ1) is 18.1. The Bertz CT molecular complexity index is 183. The molecule has 0 heterocycles. The van der Waals surface area contributed by atoms with Crippen molar-refractivity contribution >= 4 is 8.03 Å². The van der Waals surface area contributed by atoms with Gasteiger partial charge in [0.25, 0.3) is 0 Å². The molecule has 0 aliphatic rings. The molecule has 0 aromatic carbocycles. The minimum absolute atomic E-state index is 0.691. The van der Waals surface area contributed by atoms with Gasteiger partial charge in [-0.3, -0.25) is 0 Å². The van der Waals surface area contributed by atoms with Gasteiger partial charge in [0.15, 0.2) is 6.16 Å². The van der Waals surface area contributed by atoms with Crippen LogP contribution < -0.4 is 0 Å². The van der Waals surface area contributed by atoms with E-state index in [0.29, 0.717) is 6.61 Å². The van der Waals surface area contributed by atoms with Gasteiger partial charge in [-0.25, -0.2) is 0 Å². The highest BCUT2D eigenvalue weighted by Crippen LogP contribution is 2.24. The van der Waals surface area contributed by atoms with E-state index in [4.69, 9.17) is 4.52 Å². The zero-order chi connectivity index (χ0) is 13.5. The first-order valence-corrected chi connectivity index (χ1v) is 9.25. The summed E-state index contributed by atoms with van der Waals surface area (Å²) in [5, 5.41) is 0. The van der Waals surface area contributed by atoms with Crippen LogP contribution in [0.3, 0.4) is 0 Å². The first-order valence-electron chi connectivity index (χ1n) is 7.88. The molecule has 1 unspecified atom stereocenters. The van der Waals surface area contributed by atoms with Gasteiger partial charge in [0.05, 0.1) is 0 Å². The molecule has 0 spiro atoms. The van der Waals surface area contributed by atoms with E-state index in [-0.39, 0.29) is 0 Å². The lowest BCUT2D eigenvalue weighted by molar-refractivity contribution is 0.315.